The molecule has 11 heteroatoms. The summed E-state index contributed by atoms with van der Waals surface area (Å²) >= 11 is 0. The summed E-state index contributed by atoms with van der Waals surface area (Å²) in [4.78, 5) is 24.6. The van der Waals surface area contributed by atoms with Gasteiger partial charge in [0.25, 0.3) is 0 Å². The van der Waals surface area contributed by atoms with Crippen LogP contribution in [-0.2, 0) is 25.7 Å². The lowest BCUT2D eigenvalue weighted by atomic mass is 10.1. The predicted molar refractivity (Wildman–Crippen MR) is 132 cm³/mol. The Bertz CT molecular complexity index is 1100. The molecule has 10 nitrogen and oxygen atoms in total. The van der Waals surface area contributed by atoms with E-state index in [0.29, 0.717) is 44.7 Å². The summed E-state index contributed by atoms with van der Waals surface area (Å²) in [7, 11) is -3.28. The van der Waals surface area contributed by atoms with Gasteiger partial charge in [0, 0.05) is 44.4 Å². The van der Waals surface area contributed by atoms with Crippen molar-refractivity contribution in [2.24, 2.45) is 15.7 Å². The van der Waals surface area contributed by atoms with E-state index < -0.39 is 15.4 Å². The number of ether oxygens (including phenoxy) is 2. The summed E-state index contributed by atoms with van der Waals surface area (Å²) < 4.78 is 35.1. The van der Waals surface area contributed by atoms with Crippen LogP contribution in [0.15, 0.2) is 45.5 Å². The van der Waals surface area contributed by atoms with E-state index in [0.717, 1.165) is 17.6 Å². The molecule has 0 radical (unpaired) electrons. The van der Waals surface area contributed by atoms with Gasteiger partial charge in [0.2, 0.25) is 0 Å². The quantitative estimate of drug-likeness (QED) is 0.507. The smallest absolute Gasteiger partial charge is 0.410 e. The molecule has 1 aromatic carbocycles. The van der Waals surface area contributed by atoms with E-state index in [1.165, 1.54) is 6.26 Å². The molecule has 0 aromatic heterocycles. The zero-order valence-electron chi connectivity index (χ0n) is 20.2. The maximum absolute atomic E-state index is 12.3. The highest BCUT2D eigenvalue weighted by atomic mass is 32.2. The molecule has 3 rings (SSSR count). The fourth-order valence-electron chi connectivity index (χ4n) is 3.83. The van der Waals surface area contributed by atoms with Crippen molar-refractivity contribution < 1.29 is 22.7 Å². The number of carbonyl (C=O) groups excluding carboxylic acids is 1. The molecular formula is C23H33N5O5S. The molecule has 0 spiro atoms. The Hall–Kier alpha value is -3.08. The minimum atomic E-state index is -3.28. The van der Waals surface area contributed by atoms with Gasteiger partial charge < -0.3 is 25.0 Å². The van der Waals surface area contributed by atoms with E-state index >= 15 is 0 Å². The number of piperidine rings is 1. The van der Waals surface area contributed by atoms with Gasteiger partial charge in [-0.1, -0.05) is 6.58 Å². The minimum Gasteiger partial charge on any atom is -0.460 e. The molecule has 1 amide bonds. The van der Waals surface area contributed by atoms with Gasteiger partial charge in [-0.2, -0.15) is 9.98 Å². The van der Waals surface area contributed by atoms with Gasteiger partial charge in [0.05, 0.1) is 11.2 Å². The molecule has 0 unspecified atom stereocenters. The highest BCUT2D eigenvalue weighted by molar-refractivity contribution is 7.90. The number of carbonyl (C=O) groups is 1. The molecule has 0 saturated carbocycles. The first-order valence-electron chi connectivity index (χ1n) is 11.1. The lowest BCUT2D eigenvalue weighted by Gasteiger charge is -2.33. The van der Waals surface area contributed by atoms with E-state index in [1.54, 1.807) is 23.1 Å². The number of fused-ring (bicyclic) bond motifs is 1. The third-order valence-corrected chi connectivity index (χ3v) is 6.57. The van der Waals surface area contributed by atoms with Crippen molar-refractivity contribution in [3.8, 4) is 0 Å². The van der Waals surface area contributed by atoms with Crippen LogP contribution in [0.1, 0.15) is 39.2 Å². The lowest BCUT2D eigenvalue weighted by Crippen LogP contribution is -2.43. The summed E-state index contributed by atoms with van der Waals surface area (Å²) in [5.41, 5.74) is 6.72. The number of aliphatic imine (C=N–C) groups is 2. The van der Waals surface area contributed by atoms with Crippen molar-refractivity contribution in [2.45, 2.75) is 56.6 Å². The Morgan fingerprint density at radius 3 is 2.50 bits per heavy atom. The molecule has 2 aliphatic rings. The average Bonchev–Trinajstić information content (AvgIpc) is 3.16. The zero-order chi connectivity index (χ0) is 25.1. The molecule has 0 bridgehead atoms. The van der Waals surface area contributed by atoms with Crippen LogP contribution >= 0.6 is 0 Å². The Kier molecular flexibility index (Phi) is 7.54. The predicted octanol–water partition coefficient (Wildman–Crippen LogP) is 2.68. The highest BCUT2D eigenvalue weighted by Gasteiger charge is 2.29. The molecule has 0 aliphatic carbocycles. The van der Waals surface area contributed by atoms with E-state index in [4.69, 9.17) is 15.2 Å². The maximum Gasteiger partial charge on any atom is 0.410 e. The van der Waals surface area contributed by atoms with Crippen LogP contribution in [0.2, 0.25) is 0 Å². The van der Waals surface area contributed by atoms with Gasteiger partial charge >= 0.3 is 12.1 Å². The third kappa shape index (κ3) is 6.49. The number of benzene rings is 1. The second kappa shape index (κ2) is 10.0. The first-order chi connectivity index (χ1) is 15.9. The van der Waals surface area contributed by atoms with Crippen LogP contribution in [0.5, 0.6) is 0 Å². The fraction of sp³-hybridized carbons (Fsp3) is 0.522. The van der Waals surface area contributed by atoms with E-state index in [2.05, 4.69) is 16.6 Å². The van der Waals surface area contributed by atoms with Crippen LogP contribution < -0.4 is 10.6 Å². The van der Waals surface area contributed by atoms with Crippen molar-refractivity contribution in [3.63, 3.8) is 0 Å². The summed E-state index contributed by atoms with van der Waals surface area (Å²) in [5.74, 6) is 0.414. The minimum absolute atomic E-state index is 0.0874. The van der Waals surface area contributed by atoms with Gasteiger partial charge in [-0.3, -0.25) is 0 Å². The van der Waals surface area contributed by atoms with Crippen molar-refractivity contribution in [3.05, 3.63) is 36.2 Å². The second-order valence-electron chi connectivity index (χ2n) is 9.34. The third-order valence-electron chi connectivity index (χ3n) is 5.46. The number of nitrogens with zero attached hydrogens (tertiary/aromatic N) is 4. The Morgan fingerprint density at radius 1 is 1.24 bits per heavy atom. The van der Waals surface area contributed by atoms with Crippen LogP contribution in [0.3, 0.4) is 0 Å². The topological polar surface area (TPSA) is 127 Å². The van der Waals surface area contributed by atoms with E-state index in [-0.39, 0.29) is 23.1 Å². The zero-order valence-corrected chi connectivity index (χ0v) is 21.0. The molecule has 2 aliphatic heterocycles. The number of hydrogen-bond acceptors (Lipinski definition) is 7. The standard InChI is InChI=1S/C23H33N5O5S/c1-16(28-13-8-17-14-19(34(5,30)31)6-7-20(17)28)26-21(25-15-24)32-18-9-11-27(12-10-18)22(29)33-23(2,3)4/h6-7,14-15,18H,1,8-13H2,2-5H3,(H2,24,25,26). The monoisotopic (exact) mass is 491 g/mol. The van der Waals surface area contributed by atoms with Crippen molar-refractivity contribution >= 4 is 34.0 Å². The van der Waals surface area contributed by atoms with Crippen LogP contribution in [0.4, 0.5) is 10.5 Å². The van der Waals surface area contributed by atoms with Gasteiger partial charge in [0.1, 0.15) is 17.5 Å². The first kappa shape index (κ1) is 25.5. The van der Waals surface area contributed by atoms with Crippen molar-refractivity contribution in [1.82, 2.24) is 4.90 Å². The van der Waals surface area contributed by atoms with Crippen LogP contribution in [0, 0.1) is 0 Å². The molecule has 1 saturated heterocycles. The second-order valence-corrected chi connectivity index (χ2v) is 11.4. The number of anilines is 1. The normalized spacial score (nSPS) is 17.7. The molecular weight excluding hydrogens is 458 g/mol. The fourth-order valence-corrected chi connectivity index (χ4v) is 4.50. The first-order valence-corrected chi connectivity index (χ1v) is 13.0. The number of likely N-dealkylation sites (tertiary alicyclic amines) is 1. The van der Waals surface area contributed by atoms with Crippen LogP contribution in [-0.4, -0.2) is 69.4 Å². The molecule has 34 heavy (non-hydrogen) atoms. The van der Waals surface area contributed by atoms with E-state index in [9.17, 15) is 13.2 Å². The largest absolute Gasteiger partial charge is 0.460 e. The number of rotatable bonds is 4. The molecule has 1 aromatic rings. The number of nitrogens with two attached hydrogens (primary N) is 1. The number of amides is 1. The summed E-state index contributed by atoms with van der Waals surface area (Å²) in [6, 6.07) is 5.12. The molecule has 1 fully saturated rings. The number of amidine groups is 1. The molecule has 0 atom stereocenters. The van der Waals surface area contributed by atoms with Crippen LogP contribution in [0.25, 0.3) is 0 Å². The highest BCUT2D eigenvalue weighted by Crippen LogP contribution is 2.33. The number of sulfone groups is 1. The van der Waals surface area contributed by atoms with Gasteiger partial charge in [0.15, 0.2) is 9.84 Å². The van der Waals surface area contributed by atoms with E-state index in [1.807, 2.05) is 25.7 Å². The summed E-state index contributed by atoms with van der Waals surface area (Å²) in [6.45, 7) is 11.2. The maximum atomic E-state index is 12.3. The summed E-state index contributed by atoms with van der Waals surface area (Å²) in [6.07, 6.45) is 3.66. The van der Waals surface area contributed by atoms with Gasteiger partial charge in [-0.25, -0.2) is 13.2 Å². The Balaban J connectivity index is 1.64. The SMILES string of the molecule is C=C(N=C(N=CN)OC1CCN(C(=O)OC(C)(C)C)CC1)N1CCc2cc(S(C)(=O)=O)ccc21. The lowest BCUT2D eigenvalue weighted by molar-refractivity contribution is 0.0114. The van der Waals surface area contributed by atoms with Gasteiger partial charge in [-0.15, -0.1) is 0 Å². The Morgan fingerprint density at radius 2 is 1.91 bits per heavy atom. The van der Waals surface area contributed by atoms with Crippen molar-refractivity contribution in [2.75, 3.05) is 30.8 Å². The average molecular weight is 492 g/mol. The Labute approximate surface area is 201 Å². The molecule has 2 N–H and O–H groups in total. The molecule has 186 valence electrons. The van der Waals surface area contributed by atoms with Crippen molar-refractivity contribution in [1.29, 1.82) is 0 Å². The molecule has 2 heterocycles. The number of hydrogen-bond donors (Lipinski definition) is 1. The van der Waals surface area contributed by atoms with Gasteiger partial charge in [-0.05, 0) is 51.0 Å². The summed E-state index contributed by atoms with van der Waals surface area (Å²) in [5, 5.41) is 0.